The predicted octanol–water partition coefficient (Wildman–Crippen LogP) is 3.98. The van der Waals surface area contributed by atoms with Crippen molar-refractivity contribution in [1.82, 2.24) is 15.8 Å². The standard InChI is InChI=1S/C14H13N3O4.C9H10O3.C2H6/c1-15-13(18)9-2-4-10(5-3-9)21-11-6-7-16-12(8-11)14(19)17-20;1-6(10)8-5-7(11)3-4-9(8)12-2;1-2/h2-8,20H,1H3,(H,15,18)(H,17,19);3-5,11H,1-2H3;1-2H3. The number of methoxy groups -OCH3 is 1. The van der Waals surface area contributed by atoms with Crippen molar-refractivity contribution in [2.24, 2.45) is 0 Å². The number of pyridine rings is 1. The first-order valence-electron chi connectivity index (χ1n) is 10.6. The van der Waals surface area contributed by atoms with Gasteiger partial charge in [0.25, 0.3) is 11.8 Å². The zero-order valence-corrected chi connectivity index (χ0v) is 20.2. The number of hydroxylamine groups is 1. The number of carbonyl (C=O) groups is 3. The number of amides is 2. The fourth-order valence-corrected chi connectivity index (χ4v) is 2.58. The van der Waals surface area contributed by atoms with Crippen LogP contribution in [0.1, 0.15) is 52.0 Å². The summed E-state index contributed by atoms with van der Waals surface area (Å²) in [6, 6.07) is 13.9. The summed E-state index contributed by atoms with van der Waals surface area (Å²) in [5, 5.41) is 20.2. The number of ether oxygens (including phenoxy) is 2. The Morgan fingerprint density at radius 3 is 2.11 bits per heavy atom. The third-order valence-corrected chi connectivity index (χ3v) is 4.21. The Morgan fingerprint density at radius 2 is 1.57 bits per heavy atom. The molecule has 35 heavy (non-hydrogen) atoms. The molecule has 0 unspecified atom stereocenters. The van der Waals surface area contributed by atoms with Crippen LogP contribution in [0.5, 0.6) is 23.0 Å². The minimum absolute atomic E-state index is 0.0250. The molecule has 0 aliphatic heterocycles. The number of rotatable bonds is 6. The van der Waals surface area contributed by atoms with Gasteiger partial charge in [0.2, 0.25) is 0 Å². The molecule has 186 valence electrons. The van der Waals surface area contributed by atoms with Crippen LogP contribution in [-0.4, -0.2) is 47.1 Å². The summed E-state index contributed by atoms with van der Waals surface area (Å²) in [6.45, 7) is 5.43. The molecule has 3 rings (SSSR count). The van der Waals surface area contributed by atoms with Crippen LogP contribution in [-0.2, 0) is 0 Å². The number of nitrogens with zero attached hydrogens (tertiary/aromatic N) is 1. The van der Waals surface area contributed by atoms with Gasteiger partial charge in [0.1, 0.15) is 28.7 Å². The number of hydrogen-bond donors (Lipinski definition) is 4. The van der Waals surface area contributed by atoms with Crippen LogP contribution in [0, 0.1) is 0 Å². The van der Waals surface area contributed by atoms with Crippen LogP contribution in [0.2, 0.25) is 0 Å². The number of ketones is 1. The highest BCUT2D eigenvalue weighted by atomic mass is 16.5. The van der Waals surface area contributed by atoms with Crippen molar-refractivity contribution in [1.29, 1.82) is 0 Å². The number of Topliss-reactive ketones (excluding diaryl/α,β-unsaturated/α-hetero) is 1. The summed E-state index contributed by atoms with van der Waals surface area (Å²) < 4.78 is 10.5. The first-order valence-corrected chi connectivity index (χ1v) is 10.6. The zero-order valence-electron chi connectivity index (χ0n) is 20.2. The molecule has 0 spiro atoms. The number of benzene rings is 2. The Labute approximate surface area is 203 Å². The lowest BCUT2D eigenvalue weighted by Crippen LogP contribution is -2.19. The quantitative estimate of drug-likeness (QED) is 0.234. The summed E-state index contributed by atoms with van der Waals surface area (Å²) in [7, 11) is 3.04. The molecule has 2 aromatic carbocycles. The molecule has 0 aliphatic carbocycles. The van der Waals surface area contributed by atoms with Crippen molar-refractivity contribution in [3.63, 3.8) is 0 Å². The van der Waals surface area contributed by atoms with Gasteiger partial charge in [-0.2, -0.15) is 0 Å². The Morgan fingerprint density at radius 1 is 0.914 bits per heavy atom. The van der Waals surface area contributed by atoms with Gasteiger partial charge < -0.3 is 19.9 Å². The van der Waals surface area contributed by atoms with Gasteiger partial charge >= 0.3 is 0 Å². The van der Waals surface area contributed by atoms with Gasteiger partial charge in [-0.1, -0.05) is 13.8 Å². The first-order chi connectivity index (χ1) is 16.8. The van der Waals surface area contributed by atoms with E-state index in [0.717, 1.165) is 0 Å². The number of phenols is 1. The molecule has 0 aliphatic rings. The lowest BCUT2D eigenvalue weighted by molar-refractivity contribution is 0.0700. The Bertz CT molecular complexity index is 1130. The molecule has 3 aromatic rings. The van der Waals surface area contributed by atoms with Gasteiger partial charge in [0.05, 0.1) is 12.7 Å². The maximum absolute atomic E-state index is 11.4. The van der Waals surface area contributed by atoms with E-state index in [2.05, 4.69) is 10.3 Å². The Hall–Kier alpha value is -4.44. The van der Waals surface area contributed by atoms with E-state index in [0.29, 0.717) is 28.4 Å². The lowest BCUT2D eigenvalue weighted by atomic mass is 10.1. The van der Waals surface area contributed by atoms with Crippen LogP contribution in [0.3, 0.4) is 0 Å². The largest absolute Gasteiger partial charge is 0.508 e. The van der Waals surface area contributed by atoms with Gasteiger partial charge in [-0.3, -0.25) is 24.6 Å². The van der Waals surface area contributed by atoms with Crippen LogP contribution < -0.4 is 20.3 Å². The maximum atomic E-state index is 11.4. The van der Waals surface area contributed by atoms with Crippen molar-refractivity contribution in [2.75, 3.05) is 14.2 Å². The highest BCUT2D eigenvalue weighted by molar-refractivity contribution is 5.97. The molecular weight excluding hydrogens is 454 g/mol. The second-order valence-corrected chi connectivity index (χ2v) is 6.46. The molecule has 2 amide bonds. The van der Waals surface area contributed by atoms with Gasteiger partial charge in [-0.05, 0) is 55.5 Å². The molecule has 4 N–H and O–H groups in total. The molecule has 1 heterocycles. The average Bonchev–Trinajstić information content (AvgIpc) is 2.89. The van der Waals surface area contributed by atoms with E-state index < -0.39 is 5.91 Å². The fourth-order valence-electron chi connectivity index (χ4n) is 2.58. The second-order valence-electron chi connectivity index (χ2n) is 6.46. The van der Waals surface area contributed by atoms with Crippen molar-refractivity contribution in [2.45, 2.75) is 20.8 Å². The number of hydrogen-bond acceptors (Lipinski definition) is 8. The van der Waals surface area contributed by atoms with Crippen molar-refractivity contribution < 1.29 is 34.2 Å². The topological polar surface area (TPSA) is 147 Å². The van der Waals surface area contributed by atoms with Crippen molar-refractivity contribution in [3.8, 4) is 23.0 Å². The molecular formula is C25H29N3O7. The number of aromatic hydroxyl groups is 1. The summed E-state index contributed by atoms with van der Waals surface area (Å²) in [6.07, 6.45) is 1.39. The summed E-state index contributed by atoms with van der Waals surface area (Å²) in [4.78, 5) is 37.4. The molecule has 0 bridgehead atoms. The van der Waals surface area contributed by atoms with E-state index >= 15 is 0 Å². The summed E-state index contributed by atoms with van der Waals surface area (Å²) in [5.41, 5.74) is 2.44. The van der Waals surface area contributed by atoms with E-state index in [1.54, 1.807) is 43.4 Å². The number of aromatic nitrogens is 1. The minimum Gasteiger partial charge on any atom is -0.508 e. The third-order valence-electron chi connectivity index (χ3n) is 4.21. The number of carbonyl (C=O) groups excluding carboxylic acids is 3. The molecule has 10 heteroatoms. The molecule has 0 fully saturated rings. The maximum Gasteiger partial charge on any atom is 0.293 e. The fraction of sp³-hybridized carbons (Fsp3) is 0.200. The smallest absolute Gasteiger partial charge is 0.293 e. The second kappa shape index (κ2) is 14.7. The van der Waals surface area contributed by atoms with Gasteiger partial charge in [0, 0.05) is 24.9 Å². The number of nitrogens with one attached hydrogen (secondary N) is 2. The van der Waals surface area contributed by atoms with Gasteiger partial charge in [-0.25, -0.2) is 5.48 Å². The van der Waals surface area contributed by atoms with Crippen molar-refractivity contribution in [3.05, 3.63) is 77.6 Å². The Kier molecular flexibility index (Phi) is 12.0. The predicted molar refractivity (Wildman–Crippen MR) is 129 cm³/mol. The highest BCUT2D eigenvalue weighted by Crippen LogP contribution is 2.23. The SMILES string of the molecule is CC.CNC(=O)c1ccc(Oc2ccnc(C(=O)NO)c2)cc1.COc1ccc(O)cc1C(C)=O. The lowest BCUT2D eigenvalue weighted by Gasteiger charge is -2.07. The molecule has 0 atom stereocenters. The number of phenolic OH excluding ortho intramolecular Hbond substituents is 1. The summed E-state index contributed by atoms with van der Waals surface area (Å²) >= 11 is 0. The molecule has 10 nitrogen and oxygen atoms in total. The van der Waals surface area contributed by atoms with Gasteiger partial charge in [-0.15, -0.1) is 0 Å². The average molecular weight is 484 g/mol. The normalized spacial score (nSPS) is 9.31. The highest BCUT2D eigenvalue weighted by Gasteiger charge is 2.09. The van der Waals surface area contributed by atoms with Crippen LogP contribution >= 0.6 is 0 Å². The minimum atomic E-state index is -0.726. The van der Waals surface area contributed by atoms with E-state index in [1.807, 2.05) is 13.8 Å². The third kappa shape index (κ3) is 8.78. The van der Waals surface area contributed by atoms with E-state index in [4.69, 9.17) is 19.8 Å². The molecule has 0 radical (unpaired) electrons. The molecule has 0 saturated carbocycles. The van der Waals surface area contributed by atoms with Crippen LogP contribution in [0.25, 0.3) is 0 Å². The Balaban J connectivity index is 0.000000372. The molecule has 1 aromatic heterocycles. The zero-order chi connectivity index (χ0) is 26.4. The van der Waals surface area contributed by atoms with E-state index in [1.165, 1.54) is 43.9 Å². The van der Waals surface area contributed by atoms with E-state index in [-0.39, 0.29) is 23.1 Å². The monoisotopic (exact) mass is 483 g/mol. The van der Waals surface area contributed by atoms with E-state index in [9.17, 15) is 14.4 Å². The molecule has 0 saturated heterocycles. The first kappa shape index (κ1) is 28.6. The van der Waals surface area contributed by atoms with Crippen LogP contribution in [0.15, 0.2) is 60.8 Å². The van der Waals surface area contributed by atoms with Gasteiger partial charge in [0.15, 0.2) is 5.78 Å². The summed E-state index contributed by atoms with van der Waals surface area (Å²) in [5.74, 6) is 0.410. The van der Waals surface area contributed by atoms with Crippen molar-refractivity contribution >= 4 is 17.6 Å². The van der Waals surface area contributed by atoms with Crippen LogP contribution in [0.4, 0.5) is 0 Å².